The van der Waals surface area contributed by atoms with Gasteiger partial charge in [0, 0.05) is 56.0 Å². The third-order valence-corrected chi connectivity index (χ3v) is 51.9. The minimum atomic E-state index is -1.66. The molecule has 0 saturated carbocycles. The molecular formula is C96H232O10Si10. The Morgan fingerprint density at radius 1 is 0.207 bits per heavy atom. The van der Waals surface area contributed by atoms with E-state index < -0.39 is 83.2 Å². The summed E-state index contributed by atoms with van der Waals surface area (Å²) < 4.78 is 60.9. The zero-order chi connectivity index (χ0) is 96.3. The van der Waals surface area contributed by atoms with Crippen molar-refractivity contribution in [3.8, 4) is 0 Å². The molecule has 0 spiro atoms. The average Bonchev–Trinajstić information content (AvgIpc) is 0.794. The van der Waals surface area contributed by atoms with Gasteiger partial charge < -0.3 is 44.3 Å². The number of hydrogen-bond donors (Lipinski definition) is 0. The van der Waals surface area contributed by atoms with Gasteiger partial charge in [-0.15, -0.1) is 0 Å². The first kappa shape index (κ1) is 138. The summed E-state index contributed by atoms with van der Waals surface area (Å²) in [5, 5.41) is 0. The van der Waals surface area contributed by atoms with Crippen LogP contribution in [0.2, 0.25) is 187 Å². The fourth-order valence-corrected chi connectivity index (χ4v) is 46.5. The van der Waals surface area contributed by atoms with E-state index >= 15 is 0 Å². The van der Waals surface area contributed by atoms with Crippen molar-refractivity contribution in [1.29, 1.82) is 0 Å². The number of unbranched alkanes of at least 4 members (excludes halogenated alkanes) is 1. The molecule has 0 aromatic heterocycles. The Hall–Kier alpha value is 1.77. The van der Waals surface area contributed by atoms with E-state index in [0.717, 1.165) is 5.92 Å². The molecule has 0 aromatic carbocycles. The third kappa shape index (κ3) is 99.5. The summed E-state index contributed by atoms with van der Waals surface area (Å²) in [4.78, 5) is 0. The van der Waals surface area contributed by atoms with Gasteiger partial charge in [-0.25, -0.2) is 0 Å². The van der Waals surface area contributed by atoms with Gasteiger partial charge >= 0.3 is 0 Å². The molecule has 0 atom stereocenters. The van der Waals surface area contributed by atoms with Crippen molar-refractivity contribution in [2.75, 3.05) is 0 Å². The Balaban J connectivity index is -0.000000135. The van der Waals surface area contributed by atoms with Crippen LogP contribution in [0.15, 0.2) is 0 Å². The lowest BCUT2D eigenvalue weighted by molar-refractivity contribution is 0.106. The summed E-state index contributed by atoms with van der Waals surface area (Å²) in [5.41, 5.74) is 3.11. The van der Waals surface area contributed by atoms with Gasteiger partial charge in [-0.3, -0.25) is 0 Å². The van der Waals surface area contributed by atoms with Gasteiger partial charge in [0.05, 0.1) is 0 Å². The lowest BCUT2D eigenvalue weighted by Gasteiger charge is -2.46. The van der Waals surface area contributed by atoms with Crippen LogP contribution in [-0.2, 0) is 44.3 Å². The highest BCUT2D eigenvalue weighted by Gasteiger charge is 2.48. The van der Waals surface area contributed by atoms with Crippen molar-refractivity contribution in [2.45, 2.75) is 621 Å². The lowest BCUT2D eigenvalue weighted by atomic mass is 10.2. The number of rotatable bonds is 31. The molecule has 0 N–H and O–H groups in total. The Labute approximate surface area is 749 Å². The van der Waals surface area contributed by atoms with Crippen LogP contribution in [0.1, 0.15) is 378 Å². The molecule has 0 aliphatic heterocycles. The molecule has 0 unspecified atom stereocenters. The maximum atomic E-state index is 6.55. The second-order valence-electron chi connectivity index (χ2n) is 50.0. The molecule has 0 aliphatic rings. The summed E-state index contributed by atoms with van der Waals surface area (Å²) in [5.74, 6) is 0.758. The molecule has 0 amide bonds. The van der Waals surface area contributed by atoms with Crippen LogP contribution < -0.4 is 0 Å². The van der Waals surface area contributed by atoms with E-state index in [0.29, 0.717) is 22.2 Å². The van der Waals surface area contributed by atoms with E-state index in [1.54, 1.807) is 0 Å². The second-order valence-corrected chi connectivity index (χ2v) is 94.5. The van der Waals surface area contributed by atoms with Crippen molar-refractivity contribution in [3.05, 3.63) is 0 Å². The maximum absolute atomic E-state index is 6.55. The van der Waals surface area contributed by atoms with Gasteiger partial charge in [0.2, 0.25) is 8.32 Å². The molecule has 0 saturated heterocycles. The predicted molar refractivity (Wildman–Crippen MR) is 562 cm³/mol. The zero-order valence-electron chi connectivity index (χ0n) is 93.3. The van der Waals surface area contributed by atoms with E-state index in [9.17, 15) is 0 Å². The van der Waals surface area contributed by atoms with Crippen molar-refractivity contribution >= 4 is 83.2 Å². The summed E-state index contributed by atoms with van der Waals surface area (Å²) in [6, 6.07) is 12.8. The van der Waals surface area contributed by atoms with Gasteiger partial charge in [0.15, 0.2) is 74.9 Å². The maximum Gasteiger partial charge on any atom is 0.201 e. The normalized spacial score (nSPS) is 13.8. The standard InChI is InChI=1S/2C13H30OSi.3C10H24OSi.2C9H22OSi.C8H20OSi.2C7H18OSi/c1-10(2)15(11(3)4,12(5)6)14-13(7,8)9;1-7-10-15(11-8-2,12-9-3)14-13(4,5)6;1-9(2)8-12(6,7)11-10(3,4)5;1-7-8-9-12(5,6)11-10(2,3)4;1-7-12(8-2,9-3)11-10(4,5)6;1-8(2)11(6,7)10-9(3,4)5;1-7-8-11(5,6)10-9(2,3)4;1-7-10(5,6)9-8(2,3)4;2*1-7(2,3)8-9(4,5)6/h10-12H,1-9H3;7-12H2,1-6H3;9H,8H2,1-7H3;2*7-9H2,1-6H3;8H,1-7H3;7-8H2,1-6H3;7H2,1-6H3;2*1-6H3. The van der Waals surface area contributed by atoms with Crippen molar-refractivity contribution in [2.24, 2.45) is 5.92 Å². The highest BCUT2D eigenvalue weighted by molar-refractivity contribution is 6.78. The highest BCUT2D eigenvalue weighted by Crippen LogP contribution is 2.45. The average molecular weight is 1830 g/mol. The van der Waals surface area contributed by atoms with Crippen molar-refractivity contribution < 1.29 is 44.3 Å². The van der Waals surface area contributed by atoms with Gasteiger partial charge in [0.25, 0.3) is 0 Å². The van der Waals surface area contributed by atoms with Gasteiger partial charge in [-0.2, -0.15) is 0 Å². The van der Waals surface area contributed by atoms with E-state index in [2.05, 4.69) is 444 Å². The number of hydrogen-bond acceptors (Lipinski definition) is 10. The topological polar surface area (TPSA) is 92.3 Å². The zero-order valence-corrected chi connectivity index (χ0v) is 103. The largest absolute Gasteiger partial charge is 0.413 e. The Kier molecular flexibility index (Phi) is 70.4. The van der Waals surface area contributed by atoms with E-state index in [1.165, 1.54) is 99.0 Å². The van der Waals surface area contributed by atoms with Crippen LogP contribution in [0.5, 0.6) is 0 Å². The minimum Gasteiger partial charge on any atom is -0.413 e. The molecule has 0 rings (SSSR count). The second kappa shape index (κ2) is 59.1. The fraction of sp³-hybridized carbons (Fsp3) is 1.00. The summed E-state index contributed by atoms with van der Waals surface area (Å²) >= 11 is 0. The molecule has 20 heteroatoms. The first-order valence-corrected chi connectivity index (χ1v) is 76.8. The summed E-state index contributed by atoms with van der Waals surface area (Å²) in [6.07, 6.45) is 7.68. The minimum absolute atomic E-state index is 0.00890. The van der Waals surface area contributed by atoms with Crippen molar-refractivity contribution in [1.82, 2.24) is 0 Å². The fourth-order valence-electron chi connectivity index (χ4n) is 15.5. The Morgan fingerprint density at radius 2 is 0.431 bits per heavy atom. The predicted octanol–water partition coefficient (Wildman–Crippen LogP) is 36.4. The molecule has 0 aliphatic carbocycles. The molecule has 716 valence electrons. The third-order valence-electron chi connectivity index (χ3n) is 17.5. The van der Waals surface area contributed by atoms with Crippen LogP contribution in [0.4, 0.5) is 0 Å². The monoisotopic (exact) mass is 1830 g/mol. The van der Waals surface area contributed by atoms with E-state index in [4.69, 9.17) is 44.3 Å². The van der Waals surface area contributed by atoms with Crippen molar-refractivity contribution in [3.63, 3.8) is 0 Å². The van der Waals surface area contributed by atoms with E-state index in [1.807, 2.05) is 0 Å². The summed E-state index contributed by atoms with van der Waals surface area (Å²) in [6.45, 7) is 144. The SMILES string of the molecule is CC(C)(C)O[Si](C)(C)C.CC(C)(C)O[Si](C)(C)C.CC(C)C[Si](C)(C)OC(C)(C)C.CC(C)[Si](C)(C)OC(C)(C)C.CC(C)[Si](OC(C)(C)C)(C(C)C)C(C)C.CCCC[Si](C)(C)OC(C)(C)C.CCC[Si](C)(C)OC(C)(C)C.CCC[Si](CCC)(CCC)OC(C)(C)C.CC[Si](C)(C)OC(C)(C)C.CC[Si](CC)(CC)OC(C)(C)C. The van der Waals surface area contributed by atoms with Crippen LogP contribution in [0.3, 0.4) is 0 Å². The molecule has 116 heavy (non-hydrogen) atoms. The van der Waals surface area contributed by atoms with Gasteiger partial charge in [-0.1, -0.05) is 170 Å². The quantitative estimate of drug-likeness (QED) is 0.0625. The Morgan fingerprint density at radius 3 is 0.569 bits per heavy atom. The van der Waals surface area contributed by atoms with Crippen LogP contribution in [-0.4, -0.2) is 139 Å². The molecule has 0 heterocycles. The molecular weight excluding hydrogens is 1590 g/mol. The van der Waals surface area contributed by atoms with E-state index in [-0.39, 0.29) is 56.0 Å². The first-order valence-electron chi connectivity index (χ1n) is 47.3. The van der Waals surface area contributed by atoms with Crippen LogP contribution >= 0.6 is 0 Å². The Bertz CT molecular complexity index is 2210. The van der Waals surface area contributed by atoms with Gasteiger partial charge in [0.1, 0.15) is 0 Å². The molecule has 0 aromatic rings. The van der Waals surface area contributed by atoms with Gasteiger partial charge in [-0.05, 0) is 401 Å². The molecule has 0 bridgehead atoms. The summed E-state index contributed by atoms with van der Waals surface area (Å²) in [7, 11) is -13.9. The molecule has 0 radical (unpaired) electrons. The lowest BCUT2D eigenvalue weighted by Crippen LogP contribution is -2.52. The smallest absolute Gasteiger partial charge is 0.201 e. The molecule has 10 nitrogen and oxygen atoms in total. The first-order chi connectivity index (χ1) is 50.3. The van der Waals surface area contributed by atoms with Crippen LogP contribution in [0, 0.1) is 5.92 Å². The molecule has 0 fully saturated rings. The highest BCUT2D eigenvalue weighted by atomic mass is 28.4. The van der Waals surface area contributed by atoms with Crippen LogP contribution in [0.25, 0.3) is 0 Å².